The second-order valence-electron chi connectivity index (χ2n) is 4.73. The number of aliphatic imine (C=N–C) groups is 1. The molecule has 0 fully saturated rings. The number of esters is 1. The molecule has 5 nitrogen and oxygen atoms in total. The fraction of sp³-hybridized carbons (Fsp3) is 0.167. The largest absolute Gasteiger partial charge is 0.480 e. The van der Waals surface area contributed by atoms with Gasteiger partial charge in [-0.25, -0.2) is 0 Å². The van der Waals surface area contributed by atoms with Crippen molar-refractivity contribution in [1.82, 2.24) is 0 Å². The molecule has 0 saturated carbocycles. The molecule has 118 valence electrons. The van der Waals surface area contributed by atoms with Gasteiger partial charge in [0, 0.05) is 18.1 Å². The minimum atomic E-state index is -1.09. The minimum Gasteiger partial charge on any atom is -0.480 e. The van der Waals surface area contributed by atoms with Crippen molar-refractivity contribution >= 4 is 17.8 Å². The van der Waals surface area contributed by atoms with Crippen LogP contribution in [0, 0.1) is 0 Å². The SMILES string of the molecule is COC(=NC(=O)C(OC(C)=O)c1ccccc1)c1ccccc1. The van der Waals surface area contributed by atoms with E-state index in [9.17, 15) is 9.59 Å². The van der Waals surface area contributed by atoms with Crippen LogP contribution in [0.1, 0.15) is 24.2 Å². The number of methoxy groups -OCH3 is 1. The molecule has 2 aromatic rings. The molecule has 0 bridgehead atoms. The van der Waals surface area contributed by atoms with E-state index in [-0.39, 0.29) is 5.90 Å². The number of nitrogens with zero attached hydrogens (tertiary/aromatic N) is 1. The monoisotopic (exact) mass is 311 g/mol. The maximum Gasteiger partial charge on any atom is 0.303 e. The summed E-state index contributed by atoms with van der Waals surface area (Å²) in [5.41, 5.74) is 1.22. The third kappa shape index (κ3) is 4.51. The van der Waals surface area contributed by atoms with Crippen LogP contribution in [0.3, 0.4) is 0 Å². The fourth-order valence-corrected chi connectivity index (χ4v) is 2.02. The molecule has 2 rings (SSSR count). The third-order valence-electron chi connectivity index (χ3n) is 3.04. The Balaban J connectivity index is 2.33. The van der Waals surface area contributed by atoms with Crippen LogP contribution in [0.5, 0.6) is 0 Å². The van der Waals surface area contributed by atoms with Gasteiger partial charge in [0.2, 0.25) is 12.0 Å². The van der Waals surface area contributed by atoms with Gasteiger partial charge in [0.25, 0.3) is 5.91 Å². The molecule has 1 atom stereocenters. The van der Waals surface area contributed by atoms with Gasteiger partial charge in [0.1, 0.15) is 0 Å². The van der Waals surface area contributed by atoms with Gasteiger partial charge < -0.3 is 9.47 Å². The smallest absolute Gasteiger partial charge is 0.303 e. The first kappa shape index (κ1) is 16.4. The molecule has 0 aliphatic rings. The molecule has 5 heteroatoms. The lowest BCUT2D eigenvalue weighted by Crippen LogP contribution is -2.19. The van der Waals surface area contributed by atoms with Gasteiger partial charge in [-0.1, -0.05) is 48.5 Å². The molecular weight excluding hydrogens is 294 g/mol. The molecule has 1 amide bonds. The Kier molecular flexibility index (Phi) is 5.63. The van der Waals surface area contributed by atoms with E-state index in [4.69, 9.17) is 9.47 Å². The number of amides is 1. The van der Waals surface area contributed by atoms with Crippen LogP contribution in [0.15, 0.2) is 65.7 Å². The van der Waals surface area contributed by atoms with Crippen LogP contribution in [-0.4, -0.2) is 24.9 Å². The van der Waals surface area contributed by atoms with Gasteiger partial charge in [0.15, 0.2) is 0 Å². The van der Waals surface area contributed by atoms with Crippen molar-refractivity contribution in [3.05, 3.63) is 71.8 Å². The van der Waals surface area contributed by atoms with Crippen LogP contribution in [0.2, 0.25) is 0 Å². The summed E-state index contributed by atoms with van der Waals surface area (Å²) in [4.78, 5) is 27.8. The van der Waals surface area contributed by atoms with Crippen LogP contribution in [0.25, 0.3) is 0 Å². The Morgan fingerprint density at radius 2 is 1.52 bits per heavy atom. The summed E-state index contributed by atoms with van der Waals surface area (Å²) in [6.45, 7) is 1.25. The molecule has 1 unspecified atom stereocenters. The first-order valence-electron chi connectivity index (χ1n) is 7.06. The minimum absolute atomic E-state index is 0.170. The second-order valence-corrected chi connectivity index (χ2v) is 4.73. The summed E-state index contributed by atoms with van der Waals surface area (Å²) in [6.07, 6.45) is -1.09. The van der Waals surface area contributed by atoms with Gasteiger partial charge in [0.05, 0.1) is 7.11 Å². The lowest BCUT2D eigenvalue weighted by atomic mass is 10.1. The van der Waals surface area contributed by atoms with Gasteiger partial charge >= 0.3 is 5.97 Å². The Morgan fingerprint density at radius 3 is 2.04 bits per heavy atom. The van der Waals surface area contributed by atoms with E-state index in [0.717, 1.165) is 0 Å². The Bertz CT molecular complexity index is 695. The fourth-order valence-electron chi connectivity index (χ4n) is 2.02. The second kappa shape index (κ2) is 7.89. The summed E-state index contributed by atoms with van der Waals surface area (Å²) >= 11 is 0. The molecule has 2 aromatic carbocycles. The highest BCUT2D eigenvalue weighted by Gasteiger charge is 2.24. The molecule has 23 heavy (non-hydrogen) atoms. The summed E-state index contributed by atoms with van der Waals surface area (Å²) < 4.78 is 10.3. The number of hydrogen-bond acceptors (Lipinski definition) is 4. The van der Waals surface area contributed by atoms with Crippen molar-refractivity contribution in [1.29, 1.82) is 0 Å². The van der Waals surface area contributed by atoms with Crippen molar-refractivity contribution in [3.63, 3.8) is 0 Å². The zero-order valence-electron chi connectivity index (χ0n) is 12.9. The standard InChI is InChI=1S/C18H17NO4/c1-13(20)23-16(14-9-5-3-6-10-14)17(21)19-18(22-2)15-11-7-4-8-12-15/h3-12,16H,1-2H3. The van der Waals surface area contributed by atoms with Gasteiger partial charge in [-0.3, -0.25) is 9.59 Å². The van der Waals surface area contributed by atoms with E-state index in [1.807, 2.05) is 24.3 Å². The van der Waals surface area contributed by atoms with Crippen molar-refractivity contribution < 1.29 is 19.1 Å². The zero-order valence-corrected chi connectivity index (χ0v) is 12.9. The summed E-state index contributed by atoms with van der Waals surface area (Å²) in [7, 11) is 1.43. The highest BCUT2D eigenvalue weighted by Crippen LogP contribution is 2.20. The normalized spacial score (nSPS) is 12.3. The van der Waals surface area contributed by atoms with Crippen molar-refractivity contribution in [3.8, 4) is 0 Å². The van der Waals surface area contributed by atoms with E-state index < -0.39 is 18.0 Å². The molecule has 0 saturated heterocycles. The quantitative estimate of drug-likeness (QED) is 0.495. The van der Waals surface area contributed by atoms with E-state index in [0.29, 0.717) is 11.1 Å². The summed E-state index contributed by atoms with van der Waals surface area (Å²) in [5, 5.41) is 0. The molecule has 0 spiro atoms. The predicted octanol–water partition coefficient (Wildman–Crippen LogP) is 2.91. The third-order valence-corrected chi connectivity index (χ3v) is 3.04. The predicted molar refractivity (Wildman–Crippen MR) is 85.9 cm³/mol. The topological polar surface area (TPSA) is 65.0 Å². The average molecular weight is 311 g/mol. The van der Waals surface area contributed by atoms with E-state index >= 15 is 0 Å². The number of ether oxygens (including phenoxy) is 2. The lowest BCUT2D eigenvalue weighted by Gasteiger charge is -2.14. The van der Waals surface area contributed by atoms with E-state index in [1.54, 1.807) is 36.4 Å². The maximum absolute atomic E-state index is 12.5. The molecule has 0 N–H and O–H groups in total. The highest BCUT2D eigenvalue weighted by atomic mass is 16.5. The van der Waals surface area contributed by atoms with Crippen molar-refractivity contribution in [2.45, 2.75) is 13.0 Å². The number of rotatable bonds is 4. The van der Waals surface area contributed by atoms with Crippen molar-refractivity contribution in [2.24, 2.45) is 4.99 Å². The molecule has 0 aliphatic heterocycles. The average Bonchev–Trinajstić information content (AvgIpc) is 2.58. The molecular formula is C18H17NO4. The number of carbonyl (C=O) groups is 2. The number of benzene rings is 2. The summed E-state index contributed by atoms with van der Waals surface area (Å²) in [6, 6.07) is 17.8. The van der Waals surface area contributed by atoms with Crippen molar-refractivity contribution in [2.75, 3.05) is 7.11 Å². The molecule has 0 radical (unpaired) electrons. The number of hydrogen-bond donors (Lipinski definition) is 0. The first-order chi connectivity index (χ1) is 11.1. The van der Waals surface area contributed by atoms with Gasteiger partial charge in [-0.05, 0) is 12.1 Å². The van der Waals surface area contributed by atoms with Gasteiger partial charge in [-0.2, -0.15) is 4.99 Å². The Hall–Kier alpha value is -2.95. The van der Waals surface area contributed by atoms with Crippen LogP contribution in [0.4, 0.5) is 0 Å². The molecule has 0 aliphatic carbocycles. The first-order valence-corrected chi connectivity index (χ1v) is 7.06. The van der Waals surface area contributed by atoms with Gasteiger partial charge in [-0.15, -0.1) is 0 Å². The van der Waals surface area contributed by atoms with E-state index in [1.165, 1.54) is 14.0 Å². The maximum atomic E-state index is 12.5. The van der Waals surface area contributed by atoms with Crippen LogP contribution >= 0.6 is 0 Å². The Labute approximate surface area is 134 Å². The highest BCUT2D eigenvalue weighted by molar-refractivity contribution is 6.03. The van der Waals surface area contributed by atoms with Crippen LogP contribution in [-0.2, 0) is 19.1 Å². The zero-order chi connectivity index (χ0) is 16.7. The number of carbonyl (C=O) groups excluding carboxylic acids is 2. The molecule has 0 heterocycles. The summed E-state index contributed by atoms with van der Waals surface area (Å²) in [5.74, 6) is -0.989. The Morgan fingerprint density at radius 1 is 0.957 bits per heavy atom. The van der Waals surface area contributed by atoms with E-state index in [2.05, 4.69) is 4.99 Å². The van der Waals surface area contributed by atoms with Crippen LogP contribution < -0.4 is 0 Å². The lowest BCUT2D eigenvalue weighted by molar-refractivity contribution is -0.153. The molecule has 0 aromatic heterocycles.